The Bertz CT molecular complexity index is 1070. The summed E-state index contributed by atoms with van der Waals surface area (Å²) in [5, 5.41) is 16.7. The Morgan fingerprint density at radius 2 is 2.06 bits per heavy atom. The summed E-state index contributed by atoms with van der Waals surface area (Å²) in [5.74, 6) is -0.162. The van der Waals surface area contributed by atoms with E-state index in [4.69, 9.17) is 10.1 Å². The SMILES string of the molecule is CNC1=CN/C(=C(\C=N)C(=O)Nc2cc3c(cc2N2CCOCC2)C(=O)N(C(C)C)C3)N=C1. The predicted molar refractivity (Wildman–Crippen MR) is 128 cm³/mol. The van der Waals surface area contributed by atoms with E-state index < -0.39 is 5.91 Å². The van der Waals surface area contributed by atoms with E-state index in [1.807, 2.05) is 30.9 Å². The molecule has 1 aromatic carbocycles. The highest BCUT2D eigenvalue weighted by Gasteiger charge is 2.32. The van der Waals surface area contributed by atoms with E-state index >= 15 is 0 Å². The minimum atomic E-state index is -0.453. The molecule has 0 bridgehead atoms. The van der Waals surface area contributed by atoms with Crippen LogP contribution in [0, 0.1) is 5.41 Å². The first-order valence-electron chi connectivity index (χ1n) is 11.0. The lowest BCUT2D eigenvalue weighted by Crippen LogP contribution is -2.37. The fourth-order valence-electron chi connectivity index (χ4n) is 4.03. The lowest BCUT2D eigenvalue weighted by atomic mass is 10.1. The van der Waals surface area contributed by atoms with Gasteiger partial charge in [0.05, 0.1) is 42.1 Å². The third-order valence-electron chi connectivity index (χ3n) is 5.91. The van der Waals surface area contributed by atoms with Gasteiger partial charge in [0.25, 0.3) is 11.8 Å². The van der Waals surface area contributed by atoms with Crippen LogP contribution in [0.25, 0.3) is 0 Å². The standard InChI is InChI=1S/C23H29N7O3/c1-14(2)30-13-15-8-19(20(9-17(15)23(30)32)29-4-6-33-7-5-29)28-22(31)18(10-24)21-26-11-16(25-3)12-27-21/h8-12,14,24-26H,4-7,13H2,1-3H3,(H,28,31)/b21-18-,24-10?. The zero-order valence-electron chi connectivity index (χ0n) is 19.1. The molecule has 0 aliphatic carbocycles. The van der Waals surface area contributed by atoms with E-state index in [1.54, 1.807) is 19.5 Å². The van der Waals surface area contributed by atoms with Gasteiger partial charge < -0.3 is 35.9 Å². The number of amides is 2. The second kappa shape index (κ2) is 9.45. The Hall–Kier alpha value is -3.66. The monoisotopic (exact) mass is 451 g/mol. The van der Waals surface area contributed by atoms with Gasteiger partial charge in [-0.2, -0.15) is 0 Å². The van der Waals surface area contributed by atoms with Crippen molar-refractivity contribution >= 4 is 35.6 Å². The molecule has 1 aromatic rings. The quantitative estimate of drug-likeness (QED) is 0.383. The molecule has 0 unspecified atom stereocenters. The maximum Gasteiger partial charge on any atom is 0.261 e. The van der Waals surface area contributed by atoms with Gasteiger partial charge in [-0.1, -0.05) is 0 Å². The molecule has 2 amide bonds. The Kier molecular flexibility index (Phi) is 6.45. The van der Waals surface area contributed by atoms with E-state index in [0.717, 1.165) is 23.2 Å². The molecule has 10 nitrogen and oxygen atoms in total. The highest BCUT2D eigenvalue weighted by atomic mass is 16.5. The van der Waals surface area contributed by atoms with Crippen LogP contribution in [-0.2, 0) is 16.1 Å². The first kappa shape index (κ1) is 22.5. The number of rotatable bonds is 6. The highest BCUT2D eigenvalue weighted by molar-refractivity contribution is 6.18. The first-order chi connectivity index (χ1) is 15.9. The van der Waals surface area contributed by atoms with Gasteiger partial charge in [-0.15, -0.1) is 0 Å². The van der Waals surface area contributed by atoms with Crippen molar-refractivity contribution in [3.8, 4) is 0 Å². The number of ether oxygens (including phenoxy) is 1. The van der Waals surface area contributed by atoms with E-state index in [1.165, 1.54) is 0 Å². The number of benzene rings is 1. The molecule has 0 spiro atoms. The molecule has 1 saturated heterocycles. The van der Waals surface area contributed by atoms with Gasteiger partial charge in [0, 0.05) is 50.7 Å². The van der Waals surface area contributed by atoms with Crippen LogP contribution in [0.2, 0.25) is 0 Å². The second-order valence-electron chi connectivity index (χ2n) is 8.27. The van der Waals surface area contributed by atoms with Crippen molar-refractivity contribution in [2.75, 3.05) is 43.6 Å². The number of anilines is 2. The topological polar surface area (TPSA) is 122 Å². The molecule has 0 radical (unpaired) electrons. The van der Waals surface area contributed by atoms with Crippen LogP contribution in [0.15, 0.2) is 40.4 Å². The Morgan fingerprint density at radius 1 is 1.30 bits per heavy atom. The number of fused-ring (bicyclic) bond motifs is 1. The summed E-state index contributed by atoms with van der Waals surface area (Å²) in [6.07, 6.45) is 4.25. The minimum absolute atomic E-state index is 0.00236. The van der Waals surface area contributed by atoms with E-state index in [2.05, 4.69) is 25.8 Å². The van der Waals surface area contributed by atoms with E-state index in [9.17, 15) is 9.59 Å². The molecule has 0 aromatic heterocycles. The molecule has 4 rings (SSSR count). The van der Waals surface area contributed by atoms with Crippen LogP contribution in [0.4, 0.5) is 11.4 Å². The number of carbonyl (C=O) groups is 2. The summed E-state index contributed by atoms with van der Waals surface area (Å²) < 4.78 is 5.48. The summed E-state index contributed by atoms with van der Waals surface area (Å²) in [4.78, 5) is 34.3. The van der Waals surface area contributed by atoms with Crippen LogP contribution in [0.5, 0.6) is 0 Å². The van der Waals surface area contributed by atoms with Crippen LogP contribution >= 0.6 is 0 Å². The number of nitrogens with one attached hydrogen (secondary N) is 4. The molecule has 1 fully saturated rings. The van der Waals surface area contributed by atoms with E-state index in [0.29, 0.717) is 44.1 Å². The van der Waals surface area contributed by atoms with Crippen molar-refractivity contribution < 1.29 is 14.3 Å². The summed E-state index contributed by atoms with van der Waals surface area (Å²) in [7, 11) is 1.77. The van der Waals surface area contributed by atoms with Crippen LogP contribution < -0.4 is 20.9 Å². The average Bonchev–Trinajstić information content (AvgIpc) is 3.15. The molecule has 3 aliphatic rings. The van der Waals surface area contributed by atoms with Gasteiger partial charge in [-0.3, -0.25) is 9.59 Å². The van der Waals surface area contributed by atoms with Gasteiger partial charge in [0.15, 0.2) is 0 Å². The van der Waals surface area contributed by atoms with Crippen LogP contribution in [-0.4, -0.2) is 68.5 Å². The maximum atomic E-state index is 13.2. The third kappa shape index (κ3) is 4.47. The van der Waals surface area contributed by atoms with Crippen molar-refractivity contribution in [3.05, 3.63) is 46.6 Å². The fraction of sp³-hybridized carbons (Fsp3) is 0.391. The number of nitrogens with zero attached hydrogens (tertiary/aromatic N) is 3. The van der Waals surface area contributed by atoms with Crippen LogP contribution in [0.1, 0.15) is 29.8 Å². The Balaban J connectivity index is 1.68. The number of carbonyl (C=O) groups excluding carboxylic acids is 2. The average molecular weight is 452 g/mol. The maximum absolute atomic E-state index is 13.2. The van der Waals surface area contributed by atoms with Crippen molar-refractivity contribution in [1.82, 2.24) is 15.5 Å². The molecular weight excluding hydrogens is 422 g/mol. The number of hydrogen-bond acceptors (Lipinski definition) is 8. The normalized spacial score (nSPS) is 19.2. The molecule has 33 heavy (non-hydrogen) atoms. The van der Waals surface area contributed by atoms with Crippen molar-refractivity contribution in [1.29, 1.82) is 5.41 Å². The highest BCUT2D eigenvalue weighted by Crippen LogP contribution is 2.35. The van der Waals surface area contributed by atoms with Gasteiger partial charge in [0.2, 0.25) is 0 Å². The smallest absolute Gasteiger partial charge is 0.261 e. The van der Waals surface area contributed by atoms with Gasteiger partial charge in [-0.05, 0) is 31.5 Å². The molecule has 174 valence electrons. The number of hydrogen-bond donors (Lipinski definition) is 4. The Labute approximate surface area is 192 Å². The summed E-state index contributed by atoms with van der Waals surface area (Å²) in [5.41, 5.74) is 3.78. The van der Waals surface area contributed by atoms with Gasteiger partial charge in [0.1, 0.15) is 5.82 Å². The minimum Gasteiger partial charge on any atom is -0.386 e. The van der Waals surface area contributed by atoms with Crippen molar-refractivity contribution in [2.45, 2.75) is 26.4 Å². The molecule has 10 heteroatoms. The van der Waals surface area contributed by atoms with Crippen LogP contribution in [0.3, 0.4) is 0 Å². The lowest BCUT2D eigenvalue weighted by Gasteiger charge is -2.31. The van der Waals surface area contributed by atoms with Crippen molar-refractivity contribution in [3.63, 3.8) is 0 Å². The molecule has 3 heterocycles. The summed E-state index contributed by atoms with van der Waals surface area (Å²) in [6.45, 7) is 6.95. The zero-order valence-corrected chi connectivity index (χ0v) is 19.1. The predicted octanol–water partition coefficient (Wildman–Crippen LogP) is 1.42. The molecule has 0 saturated carbocycles. The largest absolute Gasteiger partial charge is 0.386 e. The Morgan fingerprint density at radius 3 is 2.67 bits per heavy atom. The first-order valence-corrected chi connectivity index (χ1v) is 11.0. The summed E-state index contributed by atoms with van der Waals surface area (Å²) >= 11 is 0. The zero-order chi connectivity index (χ0) is 23.5. The number of morpholine rings is 1. The lowest BCUT2D eigenvalue weighted by molar-refractivity contribution is -0.112. The van der Waals surface area contributed by atoms with Crippen molar-refractivity contribution in [2.24, 2.45) is 4.99 Å². The fourth-order valence-corrected chi connectivity index (χ4v) is 4.03. The number of aliphatic imine (C=N–C) groups is 1. The van der Waals surface area contributed by atoms with E-state index in [-0.39, 0.29) is 23.3 Å². The number of allylic oxidation sites excluding steroid dienone is 1. The third-order valence-corrected chi connectivity index (χ3v) is 5.91. The molecule has 0 atom stereocenters. The molecular formula is C23H29N7O3. The molecule has 4 N–H and O–H groups in total. The second-order valence-corrected chi connectivity index (χ2v) is 8.27. The van der Waals surface area contributed by atoms with Gasteiger partial charge >= 0.3 is 0 Å². The molecule has 3 aliphatic heterocycles. The summed E-state index contributed by atoms with van der Waals surface area (Å²) in [6, 6.07) is 3.83. The van der Waals surface area contributed by atoms with Gasteiger partial charge in [-0.25, -0.2) is 4.99 Å².